The molecule has 1 saturated heterocycles. The van der Waals surface area contributed by atoms with Crippen LogP contribution in [0.3, 0.4) is 0 Å². The summed E-state index contributed by atoms with van der Waals surface area (Å²) in [5.74, 6) is 1.63. The van der Waals surface area contributed by atoms with Gasteiger partial charge < -0.3 is 25.2 Å². The minimum atomic E-state index is -0.259. The van der Waals surface area contributed by atoms with Crippen LogP contribution in [-0.2, 0) is 6.54 Å². The maximum Gasteiger partial charge on any atom is 0.179 e. The largest absolute Gasteiger partial charge is 0.489 e. The van der Waals surface area contributed by atoms with Crippen molar-refractivity contribution >= 4 is 11.6 Å². The monoisotopic (exact) mass is 312 g/mol. The smallest absolute Gasteiger partial charge is 0.179 e. The molecule has 2 aliphatic heterocycles. The third-order valence-electron chi connectivity index (χ3n) is 3.90. The first-order chi connectivity index (χ1) is 10.2. The SMILES string of the molecule is OC1CNCC1CNCc1cc(Cl)c2c(c1)OCCCO2. The standard InChI is InChI=1S/C15H21ClN2O3/c16-12-4-10(5-14-15(12)21-3-1-2-20-14)6-17-7-11-8-18-9-13(11)19/h4-5,11,13,17-19H,1-3,6-9H2. The van der Waals surface area contributed by atoms with Crippen molar-refractivity contribution in [2.45, 2.75) is 19.1 Å². The third kappa shape index (κ3) is 3.61. The van der Waals surface area contributed by atoms with E-state index in [1.165, 1.54) is 0 Å². The second-order valence-electron chi connectivity index (χ2n) is 5.57. The average molecular weight is 313 g/mol. The van der Waals surface area contributed by atoms with Crippen molar-refractivity contribution in [2.75, 3.05) is 32.8 Å². The predicted molar refractivity (Wildman–Crippen MR) is 81.1 cm³/mol. The molecule has 3 N–H and O–H groups in total. The van der Waals surface area contributed by atoms with Crippen LogP contribution in [0.15, 0.2) is 12.1 Å². The Hall–Kier alpha value is -1.01. The van der Waals surface area contributed by atoms with E-state index in [1.807, 2.05) is 12.1 Å². The van der Waals surface area contributed by atoms with Crippen molar-refractivity contribution in [3.8, 4) is 11.5 Å². The van der Waals surface area contributed by atoms with Gasteiger partial charge in [-0.2, -0.15) is 0 Å². The maximum absolute atomic E-state index is 9.76. The number of hydrogen-bond acceptors (Lipinski definition) is 5. The maximum atomic E-state index is 9.76. The van der Waals surface area contributed by atoms with Crippen molar-refractivity contribution in [3.63, 3.8) is 0 Å². The summed E-state index contributed by atoms with van der Waals surface area (Å²) < 4.78 is 11.3. The molecule has 2 atom stereocenters. The third-order valence-corrected chi connectivity index (χ3v) is 4.18. The molecule has 6 heteroatoms. The highest BCUT2D eigenvalue weighted by molar-refractivity contribution is 6.32. The van der Waals surface area contributed by atoms with E-state index in [4.69, 9.17) is 21.1 Å². The lowest BCUT2D eigenvalue weighted by Crippen LogP contribution is -2.30. The summed E-state index contributed by atoms with van der Waals surface area (Å²) in [7, 11) is 0. The van der Waals surface area contributed by atoms with Crippen molar-refractivity contribution < 1.29 is 14.6 Å². The summed E-state index contributed by atoms with van der Waals surface area (Å²) in [6.07, 6.45) is 0.607. The molecule has 5 nitrogen and oxygen atoms in total. The van der Waals surface area contributed by atoms with E-state index < -0.39 is 0 Å². The molecule has 0 radical (unpaired) electrons. The van der Waals surface area contributed by atoms with Gasteiger partial charge in [-0.15, -0.1) is 0 Å². The lowest BCUT2D eigenvalue weighted by molar-refractivity contribution is 0.146. The highest BCUT2D eigenvalue weighted by Crippen LogP contribution is 2.37. The fourth-order valence-corrected chi connectivity index (χ4v) is 3.00. The molecule has 21 heavy (non-hydrogen) atoms. The Morgan fingerprint density at radius 2 is 2.14 bits per heavy atom. The average Bonchev–Trinajstić information content (AvgIpc) is 2.73. The van der Waals surface area contributed by atoms with Crippen molar-refractivity contribution in [1.82, 2.24) is 10.6 Å². The molecule has 1 aromatic carbocycles. The number of aliphatic hydroxyl groups excluding tert-OH is 1. The van der Waals surface area contributed by atoms with Gasteiger partial charge in [0.05, 0.1) is 24.3 Å². The van der Waals surface area contributed by atoms with Gasteiger partial charge >= 0.3 is 0 Å². The van der Waals surface area contributed by atoms with Gasteiger partial charge in [0.2, 0.25) is 0 Å². The van der Waals surface area contributed by atoms with E-state index in [0.29, 0.717) is 37.1 Å². The van der Waals surface area contributed by atoms with E-state index in [9.17, 15) is 5.11 Å². The summed E-state index contributed by atoms with van der Waals surface area (Å²) in [6, 6.07) is 3.88. The number of nitrogens with one attached hydrogen (secondary N) is 2. The second-order valence-corrected chi connectivity index (χ2v) is 5.98. The molecule has 3 rings (SSSR count). The summed E-state index contributed by atoms with van der Waals surface area (Å²) >= 11 is 6.27. The van der Waals surface area contributed by atoms with Gasteiger partial charge in [0.15, 0.2) is 11.5 Å². The minimum Gasteiger partial charge on any atom is -0.489 e. The first-order valence-corrected chi connectivity index (χ1v) is 7.79. The number of fused-ring (bicyclic) bond motifs is 1. The first-order valence-electron chi connectivity index (χ1n) is 7.41. The first kappa shape index (κ1) is 14.9. The van der Waals surface area contributed by atoms with Gasteiger partial charge in [-0.25, -0.2) is 0 Å². The second kappa shape index (κ2) is 6.83. The van der Waals surface area contributed by atoms with Gasteiger partial charge in [0.25, 0.3) is 0 Å². The van der Waals surface area contributed by atoms with Crippen LogP contribution in [0.1, 0.15) is 12.0 Å². The lowest BCUT2D eigenvalue weighted by atomic mass is 10.1. The number of halogens is 1. The van der Waals surface area contributed by atoms with Gasteiger partial charge in [0.1, 0.15) is 0 Å². The molecule has 0 aromatic heterocycles. The fourth-order valence-electron chi connectivity index (χ4n) is 2.72. The van der Waals surface area contributed by atoms with E-state index >= 15 is 0 Å². The Bertz CT molecular complexity index is 498. The molecule has 116 valence electrons. The van der Waals surface area contributed by atoms with Crippen LogP contribution in [0, 0.1) is 5.92 Å². The highest BCUT2D eigenvalue weighted by atomic mass is 35.5. The van der Waals surface area contributed by atoms with Crippen molar-refractivity contribution in [3.05, 3.63) is 22.7 Å². The minimum absolute atomic E-state index is 0.259. The van der Waals surface area contributed by atoms with Crippen LogP contribution in [0.2, 0.25) is 5.02 Å². The number of benzene rings is 1. The molecule has 0 aliphatic carbocycles. The topological polar surface area (TPSA) is 62.8 Å². The van der Waals surface area contributed by atoms with Crippen molar-refractivity contribution in [2.24, 2.45) is 5.92 Å². The Kier molecular flexibility index (Phi) is 4.85. The molecule has 0 bridgehead atoms. The Morgan fingerprint density at radius 3 is 2.95 bits per heavy atom. The molecule has 2 unspecified atom stereocenters. The lowest BCUT2D eigenvalue weighted by Gasteiger charge is -2.15. The summed E-state index contributed by atoms with van der Waals surface area (Å²) in [4.78, 5) is 0. The van der Waals surface area contributed by atoms with Crippen molar-refractivity contribution in [1.29, 1.82) is 0 Å². The van der Waals surface area contributed by atoms with Gasteiger partial charge in [0, 0.05) is 38.5 Å². The van der Waals surface area contributed by atoms with Crippen LogP contribution in [0.5, 0.6) is 11.5 Å². The van der Waals surface area contributed by atoms with E-state index in [2.05, 4.69) is 10.6 Å². The number of ether oxygens (including phenoxy) is 2. The van der Waals surface area contributed by atoms with Gasteiger partial charge in [-0.3, -0.25) is 0 Å². The highest BCUT2D eigenvalue weighted by Gasteiger charge is 2.24. The molecular weight excluding hydrogens is 292 g/mol. The van der Waals surface area contributed by atoms with Gasteiger partial charge in [-0.1, -0.05) is 11.6 Å². The van der Waals surface area contributed by atoms with Crippen LogP contribution in [-0.4, -0.2) is 44.1 Å². The number of aliphatic hydroxyl groups is 1. The van der Waals surface area contributed by atoms with Crippen LogP contribution in [0.4, 0.5) is 0 Å². The zero-order valence-corrected chi connectivity index (χ0v) is 12.7. The number of β-amino-alcohol motifs (C(OH)–C–C–N with tert-alkyl or cyclic N) is 1. The molecule has 1 fully saturated rings. The van der Waals surface area contributed by atoms with E-state index in [1.54, 1.807) is 0 Å². The molecule has 2 heterocycles. The summed E-state index contributed by atoms with van der Waals surface area (Å²) in [6.45, 7) is 4.30. The normalized spacial score (nSPS) is 24.9. The summed E-state index contributed by atoms with van der Waals surface area (Å²) in [5, 5.41) is 16.9. The van der Waals surface area contributed by atoms with Crippen LogP contribution < -0.4 is 20.1 Å². The Morgan fingerprint density at radius 1 is 1.29 bits per heavy atom. The molecule has 1 aromatic rings. The predicted octanol–water partition coefficient (Wildman–Crippen LogP) is 1.17. The van der Waals surface area contributed by atoms with E-state index in [-0.39, 0.29) is 12.0 Å². The molecule has 0 saturated carbocycles. The zero-order valence-electron chi connectivity index (χ0n) is 11.9. The number of rotatable bonds is 4. The van der Waals surface area contributed by atoms with Crippen LogP contribution in [0.25, 0.3) is 0 Å². The van der Waals surface area contributed by atoms with Crippen LogP contribution >= 0.6 is 11.6 Å². The quantitative estimate of drug-likeness (QED) is 0.779. The van der Waals surface area contributed by atoms with E-state index in [0.717, 1.165) is 30.8 Å². The molecular formula is C15H21ClN2O3. The molecule has 0 spiro atoms. The zero-order chi connectivity index (χ0) is 14.7. The van der Waals surface area contributed by atoms with Gasteiger partial charge in [-0.05, 0) is 17.7 Å². The summed E-state index contributed by atoms with van der Waals surface area (Å²) in [5.41, 5.74) is 1.06. The Labute approximate surface area is 129 Å². The molecule has 2 aliphatic rings. The fraction of sp³-hybridized carbons (Fsp3) is 0.600. The molecule has 0 amide bonds. The Balaban J connectivity index is 1.60. The number of hydrogen-bond donors (Lipinski definition) is 3.